The molecule has 2 atom stereocenters. The van der Waals surface area contributed by atoms with Crippen LogP contribution in [0, 0.1) is 5.92 Å². The van der Waals surface area contributed by atoms with Crippen molar-refractivity contribution in [2.75, 3.05) is 21.7 Å². The van der Waals surface area contributed by atoms with Gasteiger partial charge in [0.2, 0.25) is 0 Å². The fourth-order valence-electron chi connectivity index (χ4n) is 4.07. The maximum atomic E-state index is 13.5. The van der Waals surface area contributed by atoms with Crippen LogP contribution in [-0.2, 0) is 19.4 Å². The van der Waals surface area contributed by atoms with Crippen molar-refractivity contribution in [1.82, 2.24) is 4.98 Å². The monoisotopic (exact) mass is 512 g/mol. The minimum Gasteiger partial charge on any atom is -0.450 e. The standard InChI is InChI=1S/C21H19F3N4O6S/c1-3-34-18(30)26-15-11-25-9-8-16(15)28-19(31)27(17(29)20(28)10-12(20)2)13-4-6-14(7-5-13)35(32,33)21(22,23)24/h4-9,11-12H,3,10H2,1-2H3,(H,26,30). The molecule has 186 valence electrons. The van der Waals surface area contributed by atoms with E-state index in [1.165, 1.54) is 23.4 Å². The molecule has 1 aromatic carbocycles. The van der Waals surface area contributed by atoms with Crippen LogP contribution in [0.1, 0.15) is 20.3 Å². The molecule has 35 heavy (non-hydrogen) atoms. The van der Waals surface area contributed by atoms with E-state index in [2.05, 4.69) is 10.3 Å². The van der Waals surface area contributed by atoms with Crippen molar-refractivity contribution in [3.05, 3.63) is 42.7 Å². The van der Waals surface area contributed by atoms with Crippen molar-refractivity contribution in [2.24, 2.45) is 5.92 Å². The smallest absolute Gasteiger partial charge is 0.450 e. The molecule has 1 aliphatic heterocycles. The Morgan fingerprint density at radius 2 is 1.86 bits per heavy atom. The largest absolute Gasteiger partial charge is 0.501 e. The summed E-state index contributed by atoms with van der Waals surface area (Å²) in [7, 11) is -5.60. The summed E-state index contributed by atoms with van der Waals surface area (Å²) in [4.78, 5) is 43.8. The first-order chi connectivity index (χ1) is 16.4. The Kier molecular flexibility index (Phi) is 5.74. The van der Waals surface area contributed by atoms with Gasteiger partial charge in [0.15, 0.2) is 0 Å². The second kappa shape index (κ2) is 8.22. The first-order valence-corrected chi connectivity index (χ1v) is 11.8. The minimum atomic E-state index is -5.60. The number of nitrogens with zero attached hydrogens (tertiary/aromatic N) is 3. The number of alkyl halides is 3. The molecule has 1 aliphatic carbocycles. The molecule has 2 aromatic rings. The van der Waals surface area contributed by atoms with Crippen LogP contribution in [0.4, 0.5) is 39.8 Å². The number of pyridine rings is 1. The molecule has 1 spiro atoms. The third-order valence-corrected chi connectivity index (χ3v) is 7.39. The molecular formula is C21H19F3N4O6S. The normalized spacial score (nSPS) is 22.0. The summed E-state index contributed by atoms with van der Waals surface area (Å²) in [5.41, 5.74) is -6.59. The van der Waals surface area contributed by atoms with Crippen molar-refractivity contribution in [3.63, 3.8) is 0 Å². The summed E-state index contributed by atoms with van der Waals surface area (Å²) in [6.07, 6.45) is 2.15. The Morgan fingerprint density at radius 1 is 1.23 bits per heavy atom. The van der Waals surface area contributed by atoms with Crippen molar-refractivity contribution in [3.8, 4) is 0 Å². The number of amides is 4. The predicted molar refractivity (Wildman–Crippen MR) is 116 cm³/mol. The predicted octanol–water partition coefficient (Wildman–Crippen LogP) is 3.70. The Balaban J connectivity index is 1.73. The molecule has 2 unspecified atom stereocenters. The number of hydrogen-bond donors (Lipinski definition) is 1. The maximum absolute atomic E-state index is 13.5. The highest BCUT2D eigenvalue weighted by Crippen LogP contribution is 2.56. The number of halogens is 3. The second-order valence-electron chi connectivity index (χ2n) is 7.97. The van der Waals surface area contributed by atoms with E-state index < -0.39 is 43.8 Å². The summed E-state index contributed by atoms with van der Waals surface area (Å²) in [5, 5.41) is 2.48. The number of rotatable bonds is 5. The molecule has 4 rings (SSSR count). The van der Waals surface area contributed by atoms with Crippen molar-refractivity contribution < 1.29 is 40.7 Å². The van der Waals surface area contributed by atoms with Gasteiger partial charge in [0.05, 0.1) is 34.8 Å². The van der Waals surface area contributed by atoms with Crippen LogP contribution >= 0.6 is 0 Å². The third kappa shape index (κ3) is 3.77. The average molecular weight is 512 g/mol. The number of nitrogens with one attached hydrogen (secondary N) is 1. The lowest BCUT2D eigenvalue weighted by Gasteiger charge is -2.24. The summed E-state index contributed by atoms with van der Waals surface area (Å²) in [6.45, 7) is 3.45. The van der Waals surface area contributed by atoms with Crippen LogP contribution < -0.4 is 15.1 Å². The lowest BCUT2D eigenvalue weighted by molar-refractivity contribution is -0.119. The zero-order valence-electron chi connectivity index (χ0n) is 18.4. The Labute approximate surface area is 197 Å². The number of aromatic nitrogens is 1. The van der Waals surface area contributed by atoms with E-state index in [4.69, 9.17) is 4.74 Å². The van der Waals surface area contributed by atoms with Gasteiger partial charge in [0, 0.05) is 6.20 Å². The van der Waals surface area contributed by atoms with Crippen LogP contribution in [0.15, 0.2) is 47.6 Å². The molecule has 2 fully saturated rings. The number of hydrogen-bond acceptors (Lipinski definition) is 7. The van der Waals surface area contributed by atoms with E-state index in [9.17, 15) is 36.0 Å². The van der Waals surface area contributed by atoms with Crippen molar-refractivity contribution in [2.45, 2.75) is 36.2 Å². The lowest BCUT2D eigenvalue weighted by Crippen LogP contribution is -2.39. The number of anilines is 3. The van der Waals surface area contributed by atoms with Gasteiger partial charge in [0.1, 0.15) is 5.54 Å². The molecule has 1 saturated carbocycles. The van der Waals surface area contributed by atoms with Gasteiger partial charge in [-0.2, -0.15) is 13.2 Å². The van der Waals surface area contributed by atoms with Crippen LogP contribution in [0.3, 0.4) is 0 Å². The fraction of sp³-hybridized carbons (Fsp3) is 0.333. The molecule has 1 N–H and O–H groups in total. The van der Waals surface area contributed by atoms with Gasteiger partial charge in [-0.05, 0) is 49.6 Å². The maximum Gasteiger partial charge on any atom is 0.501 e. The molecule has 10 nitrogen and oxygen atoms in total. The van der Waals surface area contributed by atoms with E-state index in [1.807, 2.05) is 0 Å². The summed E-state index contributed by atoms with van der Waals surface area (Å²) >= 11 is 0. The lowest BCUT2D eigenvalue weighted by atomic mass is 10.1. The van der Waals surface area contributed by atoms with E-state index in [-0.39, 0.29) is 29.6 Å². The molecule has 1 saturated heterocycles. The number of urea groups is 1. The summed E-state index contributed by atoms with van der Waals surface area (Å²) in [6, 6.07) is 3.91. The number of sulfone groups is 1. The highest BCUT2D eigenvalue weighted by atomic mass is 32.2. The van der Waals surface area contributed by atoms with E-state index in [0.29, 0.717) is 18.6 Å². The molecular weight excluding hydrogens is 493 g/mol. The number of ether oxygens (including phenoxy) is 1. The zero-order valence-corrected chi connectivity index (χ0v) is 19.2. The Hall–Kier alpha value is -3.68. The third-order valence-electron chi connectivity index (χ3n) is 5.89. The Bertz CT molecular complexity index is 1320. The molecule has 2 aliphatic rings. The van der Waals surface area contributed by atoms with Gasteiger partial charge in [-0.3, -0.25) is 20.0 Å². The SMILES string of the molecule is CCOC(=O)Nc1cnccc1N1C(=O)N(c2ccc(S(=O)(=O)C(F)(F)F)cc2)C(=O)C12CC2C. The minimum absolute atomic E-state index is 0.0946. The van der Waals surface area contributed by atoms with Gasteiger partial charge in [-0.1, -0.05) is 6.92 Å². The second-order valence-corrected chi connectivity index (χ2v) is 9.91. The molecule has 0 radical (unpaired) electrons. The van der Waals surface area contributed by atoms with Gasteiger partial charge in [-0.25, -0.2) is 22.9 Å². The fourth-order valence-corrected chi connectivity index (χ4v) is 4.84. The average Bonchev–Trinajstić information content (AvgIpc) is 3.40. The highest BCUT2D eigenvalue weighted by molar-refractivity contribution is 7.92. The Morgan fingerprint density at radius 3 is 2.40 bits per heavy atom. The van der Waals surface area contributed by atoms with E-state index >= 15 is 0 Å². The van der Waals surface area contributed by atoms with Crippen LogP contribution in [0.25, 0.3) is 0 Å². The number of carbonyl (C=O) groups excluding carboxylic acids is 3. The summed E-state index contributed by atoms with van der Waals surface area (Å²) < 4.78 is 66.7. The molecule has 1 aromatic heterocycles. The number of benzene rings is 1. The van der Waals surface area contributed by atoms with Gasteiger partial charge >= 0.3 is 17.6 Å². The van der Waals surface area contributed by atoms with E-state index in [1.54, 1.807) is 13.8 Å². The zero-order chi connectivity index (χ0) is 25.8. The summed E-state index contributed by atoms with van der Waals surface area (Å²) in [5.74, 6) is -0.891. The van der Waals surface area contributed by atoms with Gasteiger partial charge in [-0.15, -0.1) is 0 Å². The van der Waals surface area contributed by atoms with Gasteiger partial charge in [0.25, 0.3) is 15.7 Å². The molecule has 14 heteroatoms. The molecule has 0 bridgehead atoms. The van der Waals surface area contributed by atoms with Crippen LogP contribution in [-0.4, -0.2) is 49.1 Å². The number of carbonyl (C=O) groups is 3. The molecule has 2 heterocycles. The van der Waals surface area contributed by atoms with Crippen molar-refractivity contribution in [1.29, 1.82) is 0 Å². The van der Waals surface area contributed by atoms with Crippen LogP contribution in [0.2, 0.25) is 0 Å². The van der Waals surface area contributed by atoms with Crippen molar-refractivity contribution >= 4 is 44.9 Å². The quantitative estimate of drug-likeness (QED) is 0.606. The first kappa shape index (κ1) is 24.4. The van der Waals surface area contributed by atoms with Crippen LogP contribution in [0.5, 0.6) is 0 Å². The highest BCUT2D eigenvalue weighted by Gasteiger charge is 2.71. The topological polar surface area (TPSA) is 126 Å². The first-order valence-electron chi connectivity index (χ1n) is 10.3. The number of imide groups is 1. The van der Waals surface area contributed by atoms with Gasteiger partial charge < -0.3 is 4.74 Å². The van der Waals surface area contributed by atoms with E-state index in [0.717, 1.165) is 17.0 Å². The molecule has 4 amide bonds.